The Kier molecular flexibility index (Phi) is 5.15. The van der Waals surface area contributed by atoms with Gasteiger partial charge in [0.25, 0.3) is 5.91 Å². The molecule has 1 aromatic rings. The topological polar surface area (TPSA) is 58.1 Å². The molecule has 0 aliphatic carbocycles. The standard InChI is InChI=1S/C16H26N4O/c1-5-13-8-6-7-9-20(13)15(21)14-10-12(4)18-16(19-14)17-11(2)3/h10-11,13H,5-9H2,1-4H3,(H,17,18,19). The molecular formula is C16H26N4O. The first kappa shape index (κ1) is 15.7. The first-order chi connectivity index (χ1) is 10.0. The zero-order valence-electron chi connectivity index (χ0n) is 13.5. The van der Waals surface area contributed by atoms with Crippen molar-refractivity contribution in [2.24, 2.45) is 0 Å². The second-order valence-electron chi connectivity index (χ2n) is 6.07. The zero-order chi connectivity index (χ0) is 15.4. The van der Waals surface area contributed by atoms with E-state index in [1.165, 1.54) is 6.42 Å². The van der Waals surface area contributed by atoms with Crippen LogP contribution in [0.15, 0.2) is 6.07 Å². The van der Waals surface area contributed by atoms with Crippen LogP contribution < -0.4 is 5.32 Å². The van der Waals surface area contributed by atoms with Crippen LogP contribution in [0.2, 0.25) is 0 Å². The van der Waals surface area contributed by atoms with E-state index in [1.54, 1.807) is 6.07 Å². The number of nitrogens with zero attached hydrogens (tertiary/aromatic N) is 3. The lowest BCUT2D eigenvalue weighted by atomic mass is 9.99. The third-order valence-corrected chi connectivity index (χ3v) is 3.85. The Morgan fingerprint density at radius 1 is 1.43 bits per heavy atom. The van der Waals surface area contributed by atoms with Gasteiger partial charge in [-0.2, -0.15) is 0 Å². The maximum Gasteiger partial charge on any atom is 0.272 e. The van der Waals surface area contributed by atoms with Gasteiger partial charge in [0.1, 0.15) is 5.69 Å². The summed E-state index contributed by atoms with van der Waals surface area (Å²) in [4.78, 5) is 23.5. The molecule has 0 saturated carbocycles. The number of rotatable bonds is 4. The maximum absolute atomic E-state index is 12.8. The van der Waals surface area contributed by atoms with E-state index in [0.29, 0.717) is 17.7 Å². The molecule has 1 aliphatic heterocycles. The molecule has 0 radical (unpaired) electrons. The van der Waals surface area contributed by atoms with E-state index in [0.717, 1.165) is 31.5 Å². The Morgan fingerprint density at radius 2 is 2.19 bits per heavy atom. The Labute approximate surface area is 127 Å². The van der Waals surface area contributed by atoms with E-state index in [-0.39, 0.29) is 11.9 Å². The monoisotopic (exact) mass is 290 g/mol. The number of hydrogen-bond acceptors (Lipinski definition) is 4. The van der Waals surface area contributed by atoms with E-state index in [9.17, 15) is 4.79 Å². The van der Waals surface area contributed by atoms with E-state index in [1.807, 2.05) is 25.7 Å². The highest BCUT2D eigenvalue weighted by Gasteiger charge is 2.27. The molecule has 5 nitrogen and oxygen atoms in total. The largest absolute Gasteiger partial charge is 0.352 e. The number of piperidine rings is 1. The Morgan fingerprint density at radius 3 is 2.86 bits per heavy atom. The van der Waals surface area contributed by atoms with Crippen molar-refractivity contribution in [3.8, 4) is 0 Å². The van der Waals surface area contributed by atoms with Crippen LogP contribution in [0.3, 0.4) is 0 Å². The van der Waals surface area contributed by atoms with E-state index in [4.69, 9.17) is 0 Å². The van der Waals surface area contributed by atoms with Crippen molar-refractivity contribution >= 4 is 11.9 Å². The summed E-state index contributed by atoms with van der Waals surface area (Å²) in [6.07, 6.45) is 4.41. The van der Waals surface area contributed by atoms with Gasteiger partial charge in [0.2, 0.25) is 5.95 Å². The Balaban J connectivity index is 2.23. The molecule has 5 heteroatoms. The number of carbonyl (C=O) groups is 1. The molecule has 1 amide bonds. The number of likely N-dealkylation sites (tertiary alicyclic amines) is 1. The molecule has 1 fully saturated rings. The number of nitrogens with one attached hydrogen (secondary N) is 1. The van der Waals surface area contributed by atoms with Crippen molar-refractivity contribution in [2.75, 3.05) is 11.9 Å². The van der Waals surface area contributed by atoms with Crippen LogP contribution >= 0.6 is 0 Å². The summed E-state index contributed by atoms with van der Waals surface area (Å²) in [6.45, 7) is 8.95. The number of aromatic nitrogens is 2. The van der Waals surface area contributed by atoms with Crippen LogP contribution in [0.1, 0.15) is 62.6 Å². The van der Waals surface area contributed by atoms with Gasteiger partial charge in [0.15, 0.2) is 0 Å². The van der Waals surface area contributed by atoms with Crippen molar-refractivity contribution in [1.29, 1.82) is 0 Å². The third kappa shape index (κ3) is 3.93. The molecule has 1 aromatic heterocycles. The smallest absolute Gasteiger partial charge is 0.272 e. The number of carbonyl (C=O) groups excluding carboxylic acids is 1. The van der Waals surface area contributed by atoms with Gasteiger partial charge in [0, 0.05) is 24.3 Å². The van der Waals surface area contributed by atoms with Crippen molar-refractivity contribution in [1.82, 2.24) is 14.9 Å². The Bertz CT molecular complexity index is 501. The van der Waals surface area contributed by atoms with E-state index >= 15 is 0 Å². The summed E-state index contributed by atoms with van der Waals surface area (Å²) in [5.41, 5.74) is 1.33. The van der Waals surface area contributed by atoms with Gasteiger partial charge in [-0.25, -0.2) is 9.97 Å². The predicted octanol–water partition coefficient (Wildman–Crippen LogP) is 3.01. The van der Waals surface area contributed by atoms with Gasteiger partial charge >= 0.3 is 0 Å². The second-order valence-corrected chi connectivity index (χ2v) is 6.07. The fraction of sp³-hybridized carbons (Fsp3) is 0.688. The molecule has 2 rings (SSSR count). The summed E-state index contributed by atoms with van der Waals surface area (Å²) in [6, 6.07) is 2.38. The summed E-state index contributed by atoms with van der Waals surface area (Å²) in [7, 11) is 0. The molecule has 21 heavy (non-hydrogen) atoms. The minimum atomic E-state index is 0.0406. The molecule has 1 N–H and O–H groups in total. The molecule has 116 valence electrons. The molecule has 0 aromatic carbocycles. The van der Waals surface area contributed by atoms with E-state index in [2.05, 4.69) is 22.2 Å². The average Bonchev–Trinajstić information content (AvgIpc) is 2.45. The average molecular weight is 290 g/mol. The summed E-state index contributed by atoms with van der Waals surface area (Å²) in [5.74, 6) is 0.581. The number of aryl methyl sites for hydroxylation is 1. The molecular weight excluding hydrogens is 264 g/mol. The highest BCUT2D eigenvalue weighted by Crippen LogP contribution is 2.21. The summed E-state index contributed by atoms with van der Waals surface area (Å²) in [5, 5.41) is 3.18. The first-order valence-corrected chi connectivity index (χ1v) is 7.94. The van der Waals surface area contributed by atoms with Gasteiger partial charge in [0.05, 0.1) is 0 Å². The summed E-state index contributed by atoms with van der Waals surface area (Å²) >= 11 is 0. The minimum absolute atomic E-state index is 0.0406. The molecule has 1 aliphatic rings. The number of anilines is 1. The van der Waals surface area contributed by atoms with Crippen molar-refractivity contribution in [2.45, 2.75) is 65.5 Å². The van der Waals surface area contributed by atoms with Crippen LogP contribution in [-0.2, 0) is 0 Å². The SMILES string of the molecule is CCC1CCCCN1C(=O)c1cc(C)nc(NC(C)C)n1. The normalized spacial score (nSPS) is 18.9. The molecule has 1 unspecified atom stereocenters. The first-order valence-electron chi connectivity index (χ1n) is 7.94. The predicted molar refractivity (Wildman–Crippen MR) is 84.5 cm³/mol. The fourth-order valence-electron chi connectivity index (χ4n) is 2.84. The second kappa shape index (κ2) is 6.87. The van der Waals surface area contributed by atoms with Gasteiger partial charge in [-0.3, -0.25) is 4.79 Å². The van der Waals surface area contributed by atoms with Crippen LogP contribution in [0.4, 0.5) is 5.95 Å². The van der Waals surface area contributed by atoms with E-state index < -0.39 is 0 Å². The number of hydrogen-bond donors (Lipinski definition) is 1. The third-order valence-electron chi connectivity index (χ3n) is 3.85. The van der Waals surface area contributed by atoms with Crippen LogP contribution in [-0.4, -0.2) is 39.4 Å². The fourth-order valence-corrected chi connectivity index (χ4v) is 2.84. The van der Waals surface area contributed by atoms with Gasteiger partial charge in [-0.1, -0.05) is 6.92 Å². The lowest BCUT2D eigenvalue weighted by Gasteiger charge is -2.35. The molecule has 1 saturated heterocycles. The molecule has 0 bridgehead atoms. The maximum atomic E-state index is 12.8. The number of amides is 1. The highest BCUT2D eigenvalue weighted by molar-refractivity contribution is 5.93. The van der Waals surface area contributed by atoms with Crippen LogP contribution in [0.25, 0.3) is 0 Å². The highest BCUT2D eigenvalue weighted by atomic mass is 16.2. The van der Waals surface area contributed by atoms with Gasteiger partial charge in [-0.05, 0) is 52.5 Å². The molecule has 1 atom stereocenters. The van der Waals surface area contributed by atoms with Gasteiger partial charge < -0.3 is 10.2 Å². The quantitative estimate of drug-likeness (QED) is 0.926. The molecule has 2 heterocycles. The lowest BCUT2D eigenvalue weighted by Crippen LogP contribution is -2.43. The summed E-state index contributed by atoms with van der Waals surface area (Å²) < 4.78 is 0. The van der Waals surface area contributed by atoms with Gasteiger partial charge in [-0.15, -0.1) is 0 Å². The van der Waals surface area contributed by atoms with Crippen LogP contribution in [0.5, 0.6) is 0 Å². The van der Waals surface area contributed by atoms with Crippen molar-refractivity contribution in [3.05, 3.63) is 17.5 Å². The van der Waals surface area contributed by atoms with Crippen molar-refractivity contribution < 1.29 is 4.79 Å². The van der Waals surface area contributed by atoms with Crippen molar-refractivity contribution in [3.63, 3.8) is 0 Å². The molecule has 0 spiro atoms. The lowest BCUT2D eigenvalue weighted by molar-refractivity contribution is 0.0601. The Hall–Kier alpha value is -1.65. The minimum Gasteiger partial charge on any atom is -0.352 e. The van der Waals surface area contributed by atoms with Crippen LogP contribution in [0, 0.1) is 6.92 Å². The zero-order valence-corrected chi connectivity index (χ0v) is 13.5.